The minimum atomic E-state index is -0.260. The standard InChI is InChI=1S/C15H15FN4/c1-2-7-20-14-8-10(16)3-4-13(14)19-15(20)11-5-6-18-9-12(11)17/h3-6,8-9H,2,7,17H2,1H3. The molecule has 4 nitrogen and oxygen atoms in total. The molecular formula is C15H15FN4. The highest BCUT2D eigenvalue weighted by atomic mass is 19.1. The molecule has 3 rings (SSSR count). The number of halogens is 1. The van der Waals surface area contributed by atoms with E-state index in [1.165, 1.54) is 12.1 Å². The van der Waals surface area contributed by atoms with Crippen LogP contribution in [0, 0.1) is 5.82 Å². The van der Waals surface area contributed by atoms with E-state index >= 15 is 0 Å². The lowest BCUT2D eigenvalue weighted by molar-refractivity contribution is 0.627. The molecule has 0 atom stereocenters. The van der Waals surface area contributed by atoms with Gasteiger partial charge in [-0.25, -0.2) is 9.37 Å². The molecule has 2 N–H and O–H groups in total. The Kier molecular flexibility index (Phi) is 3.10. The number of pyridine rings is 1. The van der Waals surface area contributed by atoms with E-state index in [-0.39, 0.29) is 5.82 Å². The highest BCUT2D eigenvalue weighted by Gasteiger charge is 2.14. The number of nitrogens with two attached hydrogens (primary N) is 1. The number of anilines is 1. The largest absolute Gasteiger partial charge is 0.397 e. The summed E-state index contributed by atoms with van der Waals surface area (Å²) in [5, 5.41) is 0. The van der Waals surface area contributed by atoms with Crippen LogP contribution in [0.1, 0.15) is 13.3 Å². The van der Waals surface area contributed by atoms with E-state index in [2.05, 4.69) is 16.9 Å². The highest BCUT2D eigenvalue weighted by Crippen LogP contribution is 2.28. The lowest BCUT2D eigenvalue weighted by Crippen LogP contribution is -2.02. The summed E-state index contributed by atoms with van der Waals surface area (Å²) in [5.41, 5.74) is 8.93. The Balaban J connectivity index is 2.30. The number of hydrogen-bond donors (Lipinski definition) is 1. The number of aryl methyl sites for hydroxylation is 1. The van der Waals surface area contributed by atoms with E-state index in [1.54, 1.807) is 18.5 Å². The molecule has 0 radical (unpaired) electrons. The van der Waals surface area contributed by atoms with Crippen molar-refractivity contribution in [3.8, 4) is 11.4 Å². The Labute approximate surface area is 116 Å². The zero-order valence-electron chi connectivity index (χ0n) is 11.2. The van der Waals surface area contributed by atoms with E-state index in [0.717, 1.165) is 35.4 Å². The average Bonchev–Trinajstić information content (AvgIpc) is 2.78. The summed E-state index contributed by atoms with van der Waals surface area (Å²) in [4.78, 5) is 8.58. The second-order valence-electron chi connectivity index (χ2n) is 4.68. The number of rotatable bonds is 3. The maximum absolute atomic E-state index is 13.5. The molecule has 0 aliphatic rings. The van der Waals surface area contributed by atoms with Crippen molar-refractivity contribution in [2.45, 2.75) is 19.9 Å². The first-order valence-electron chi connectivity index (χ1n) is 6.56. The van der Waals surface area contributed by atoms with Crippen LogP contribution in [0.15, 0.2) is 36.7 Å². The predicted molar refractivity (Wildman–Crippen MR) is 77.6 cm³/mol. The first-order chi connectivity index (χ1) is 9.70. The highest BCUT2D eigenvalue weighted by molar-refractivity contribution is 5.83. The van der Waals surface area contributed by atoms with Crippen molar-refractivity contribution in [1.29, 1.82) is 0 Å². The molecule has 0 fully saturated rings. The van der Waals surface area contributed by atoms with Crippen molar-refractivity contribution in [2.75, 3.05) is 5.73 Å². The second kappa shape index (κ2) is 4.92. The molecule has 0 spiro atoms. The van der Waals surface area contributed by atoms with Crippen molar-refractivity contribution in [3.63, 3.8) is 0 Å². The van der Waals surface area contributed by atoms with Gasteiger partial charge in [0.25, 0.3) is 0 Å². The third-order valence-corrected chi connectivity index (χ3v) is 3.25. The summed E-state index contributed by atoms with van der Waals surface area (Å²) in [6, 6.07) is 6.46. The molecule has 20 heavy (non-hydrogen) atoms. The van der Waals surface area contributed by atoms with Gasteiger partial charge >= 0.3 is 0 Å². The van der Waals surface area contributed by atoms with E-state index < -0.39 is 0 Å². The van der Waals surface area contributed by atoms with E-state index in [0.29, 0.717) is 5.69 Å². The molecular weight excluding hydrogens is 255 g/mol. The van der Waals surface area contributed by atoms with Gasteiger partial charge in [-0.3, -0.25) is 4.98 Å². The molecule has 0 aliphatic heterocycles. The van der Waals surface area contributed by atoms with Gasteiger partial charge in [-0.15, -0.1) is 0 Å². The number of fused-ring (bicyclic) bond motifs is 1. The summed E-state index contributed by atoms with van der Waals surface area (Å²) in [6.07, 6.45) is 4.22. The Morgan fingerprint density at radius 3 is 2.90 bits per heavy atom. The lowest BCUT2D eigenvalue weighted by atomic mass is 10.2. The minimum Gasteiger partial charge on any atom is -0.397 e. The maximum atomic E-state index is 13.5. The molecule has 0 amide bonds. The molecule has 0 bridgehead atoms. The predicted octanol–water partition coefficient (Wildman–Crippen LogP) is 3.23. The van der Waals surface area contributed by atoms with Crippen LogP contribution in [-0.2, 0) is 6.54 Å². The second-order valence-corrected chi connectivity index (χ2v) is 4.68. The fraction of sp³-hybridized carbons (Fsp3) is 0.200. The molecule has 0 saturated heterocycles. The van der Waals surface area contributed by atoms with Crippen LogP contribution >= 0.6 is 0 Å². The van der Waals surface area contributed by atoms with Crippen molar-refractivity contribution < 1.29 is 4.39 Å². The van der Waals surface area contributed by atoms with Crippen molar-refractivity contribution >= 4 is 16.7 Å². The van der Waals surface area contributed by atoms with Crippen LogP contribution in [0.3, 0.4) is 0 Å². The molecule has 0 saturated carbocycles. The third-order valence-electron chi connectivity index (χ3n) is 3.25. The number of nitrogen functional groups attached to an aromatic ring is 1. The van der Waals surface area contributed by atoms with Gasteiger partial charge in [-0.1, -0.05) is 6.92 Å². The van der Waals surface area contributed by atoms with Gasteiger partial charge in [0, 0.05) is 18.3 Å². The molecule has 3 aromatic rings. The van der Waals surface area contributed by atoms with E-state index in [4.69, 9.17) is 5.73 Å². The first kappa shape index (κ1) is 12.6. The zero-order valence-corrected chi connectivity index (χ0v) is 11.2. The van der Waals surface area contributed by atoms with Gasteiger partial charge < -0.3 is 10.3 Å². The molecule has 1 aromatic carbocycles. The van der Waals surface area contributed by atoms with Gasteiger partial charge in [0.05, 0.1) is 22.9 Å². The van der Waals surface area contributed by atoms with Crippen LogP contribution in [-0.4, -0.2) is 14.5 Å². The third kappa shape index (κ3) is 2.01. The molecule has 2 aromatic heterocycles. The Bertz CT molecular complexity index is 764. The maximum Gasteiger partial charge on any atom is 0.143 e. The Morgan fingerprint density at radius 1 is 1.30 bits per heavy atom. The quantitative estimate of drug-likeness (QED) is 0.795. The smallest absolute Gasteiger partial charge is 0.143 e. The van der Waals surface area contributed by atoms with Crippen LogP contribution in [0.5, 0.6) is 0 Å². The fourth-order valence-electron chi connectivity index (χ4n) is 2.36. The monoisotopic (exact) mass is 270 g/mol. The van der Waals surface area contributed by atoms with Crippen molar-refractivity contribution in [3.05, 3.63) is 42.5 Å². The van der Waals surface area contributed by atoms with E-state index in [1.807, 2.05) is 10.6 Å². The summed E-state index contributed by atoms with van der Waals surface area (Å²) in [7, 11) is 0. The SMILES string of the molecule is CCCn1c(-c2ccncc2N)nc2ccc(F)cc21. The normalized spacial score (nSPS) is 11.1. The number of hydrogen-bond acceptors (Lipinski definition) is 3. The van der Waals surface area contributed by atoms with Crippen molar-refractivity contribution in [2.24, 2.45) is 0 Å². The van der Waals surface area contributed by atoms with E-state index in [9.17, 15) is 4.39 Å². The van der Waals surface area contributed by atoms with Crippen LogP contribution in [0.4, 0.5) is 10.1 Å². The van der Waals surface area contributed by atoms with Gasteiger partial charge in [0.1, 0.15) is 11.6 Å². The lowest BCUT2D eigenvalue weighted by Gasteiger charge is -2.09. The first-order valence-corrected chi connectivity index (χ1v) is 6.56. The summed E-state index contributed by atoms with van der Waals surface area (Å²) in [6.45, 7) is 2.84. The fourth-order valence-corrected chi connectivity index (χ4v) is 2.36. The number of nitrogens with zero attached hydrogens (tertiary/aromatic N) is 3. The van der Waals surface area contributed by atoms with Gasteiger partial charge in [0.15, 0.2) is 0 Å². The molecule has 5 heteroatoms. The molecule has 102 valence electrons. The topological polar surface area (TPSA) is 56.7 Å². The summed E-state index contributed by atoms with van der Waals surface area (Å²) in [5.74, 6) is 0.497. The van der Waals surface area contributed by atoms with Crippen molar-refractivity contribution in [1.82, 2.24) is 14.5 Å². The number of aromatic nitrogens is 3. The Morgan fingerprint density at radius 2 is 2.15 bits per heavy atom. The number of benzene rings is 1. The van der Waals surface area contributed by atoms with Gasteiger partial charge in [-0.2, -0.15) is 0 Å². The van der Waals surface area contributed by atoms with Gasteiger partial charge in [-0.05, 0) is 30.7 Å². The average molecular weight is 270 g/mol. The van der Waals surface area contributed by atoms with Crippen LogP contribution < -0.4 is 5.73 Å². The zero-order chi connectivity index (χ0) is 14.1. The molecule has 2 heterocycles. The minimum absolute atomic E-state index is 0.260. The van der Waals surface area contributed by atoms with Gasteiger partial charge in [0.2, 0.25) is 0 Å². The molecule has 0 unspecified atom stereocenters. The summed E-state index contributed by atoms with van der Waals surface area (Å²) >= 11 is 0. The van der Waals surface area contributed by atoms with Crippen LogP contribution in [0.25, 0.3) is 22.4 Å². The van der Waals surface area contributed by atoms with Crippen LogP contribution in [0.2, 0.25) is 0 Å². The molecule has 0 aliphatic carbocycles. The summed E-state index contributed by atoms with van der Waals surface area (Å²) < 4.78 is 15.5. The Hall–Kier alpha value is -2.43. The number of imidazole rings is 1.